The van der Waals surface area contributed by atoms with Crippen molar-refractivity contribution in [1.82, 2.24) is 10.2 Å². The Morgan fingerprint density at radius 1 is 0.864 bits per heavy atom. The molecule has 2 saturated heterocycles. The van der Waals surface area contributed by atoms with Crippen LogP contribution in [0.15, 0.2) is 60.7 Å². The number of ether oxygens (including phenoxy) is 2. The highest BCUT2D eigenvalue weighted by molar-refractivity contribution is 6.44. The highest BCUT2D eigenvalue weighted by Crippen LogP contribution is 2.32. The maximum Gasteiger partial charge on any atom is 0.323 e. The Balaban J connectivity index is 1.28. The largest absolute Gasteiger partial charge is 0.495 e. The van der Waals surface area contributed by atoms with Crippen molar-refractivity contribution in [3.05, 3.63) is 76.3 Å². The molecule has 234 valence electrons. The van der Waals surface area contributed by atoms with Crippen LogP contribution in [0.4, 0.5) is 27.5 Å². The Morgan fingerprint density at radius 2 is 1.59 bits per heavy atom. The van der Waals surface area contributed by atoms with Crippen LogP contribution in [0.5, 0.6) is 5.75 Å². The van der Waals surface area contributed by atoms with E-state index in [0.29, 0.717) is 28.5 Å². The normalized spacial score (nSPS) is 15.5. The summed E-state index contributed by atoms with van der Waals surface area (Å²) in [7, 11) is 1.68. The number of urea groups is 1. The number of piperazine rings is 1. The molecule has 0 saturated carbocycles. The van der Waals surface area contributed by atoms with E-state index in [-0.39, 0.29) is 10.9 Å². The van der Waals surface area contributed by atoms with Crippen LogP contribution in [0, 0.1) is 0 Å². The summed E-state index contributed by atoms with van der Waals surface area (Å²) in [5, 5.41) is 9.23. The fourth-order valence-electron chi connectivity index (χ4n) is 5.46. The number of rotatable bonds is 10. The molecule has 0 unspecified atom stereocenters. The third-order valence-electron chi connectivity index (χ3n) is 7.79. The maximum absolute atomic E-state index is 13.6. The van der Waals surface area contributed by atoms with E-state index in [1.54, 1.807) is 37.4 Å². The Kier molecular flexibility index (Phi) is 11.1. The van der Waals surface area contributed by atoms with Crippen LogP contribution < -0.4 is 30.5 Å². The first kappa shape index (κ1) is 31.7. The lowest BCUT2D eigenvalue weighted by atomic mass is 10.1. The van der Waals surface area contributed by atoms with Crippen molar-refractivity contribution < 1.29 is 19.1 Å². The zero-order valence-corrected chi connectivity index (χ0v) is 26.3. The van der Waals surface area contributed by atoms with Crippen molar-refractivity contribution in [2.45, 2.75) is 6.42 Å². The molecule has 12 heteroatoms. The Bertz CT molecular complexity index is 1440. The van der Waals surface area contributed by atoms with Gasteiger partial charge in [0.05, 0.1) is 47.3 Å². The summed E-state index contributed by atoms with van der Waals surface area (Å²) >= 11 is 12.3. The van der Waals surface area contributed by atoms with Crippen molar-refractivity contribution in [2.24, 2.45) is 0 Å². The van der Waals surface area contributed by atoms with Gasteiger partial charge in [0.15, 0.2) is 0 Å². The summed E-state index contributed by atoms with van der Waals surface area (Å²) in [6.07, 6.45) is 0.833. The third-order valence-corrected chi connectivity index (χ3v) is 8.60. The number of hydrogen-bond acceptors (Lipinski definition) is 7. The molecule has 5 rings (SSSR count). The minimum absolute atomic E-state index is 0.184. The molecule has 3 aromatic carbocycles. The first-order valence-electron chi connectivity index (χ1n) is 14.8. The number of carbonyl (C=O) groups excluding carboxylic acids is 2. The molecule has 3 N–H and O–H groups in total. The quantitative estimate of drug-likeness (QED) is 0.254. The first-order valence-corrected chi connectivity index (χ1v) is 15.6. The number of halogens is 2. The zero-order valence-electron chi connectivity index (χ0n) is 24.8. The van der Waals surface area contributed by atoms with Gasteiger partial charge >= 0.3 is 6.03 Å². The molecular formula is C32H38Cl2N6O4. The van der Waals surface area contributed by atoms with Gasteiger partial charge in [-0.2, -0.15) is 0 Å². The van der Waals surface area contributed by atoms with E-state index in [1.165, 1.54) is 0 Å². The van der Waals surface area contributed by atoms with Crippen molar-refractivity contribution in [1.29, 1.82) is 0 Å². The Labute approximate surface area is 268 Å². The van der Waals surface area contributed by atoms with Gasteiger partial charge in [0.1, 0.15) is 5.75 Å². The molecule has 0 aromatic heterocycles. The fourth-order valence-corrected chi connectivity index (χ4v) is 5.81. The standard InChI is InChI=1S/C32H38Cl2N6O4/c1-43-29-9-3-2-8-28(29)40-16-14-39(15-17-40)27-11-10-23(36-32(42)37-26-7-4-6-25(33)30(26)34)22-24(27)31(41)35-12-5-13-38-18-20-44-21-19-38/h2-4,6-11,22H,5,12-21H2,1H3,(H,35,41)(H2,36,37,42). The summed E-state index contributed by atoms with van der Waals surface area (Å²) in [4.78, 5) is 33.3. The molecular weight excluding hydrogens is 603 g/mol. The molecule has 3 aromatic rings. The van der Waals surface area contributed by atoms with Crippen LogP contribution in [-0.4, -0.2) is 89.5 Å². The van der Waals surface area contributed by atoms with E-state index in [9.17, 15) is 9.59 Å². The lowest BCUT2D eigenvalue weighted by Crippen LogP contribution is -2.47. The van der Waals surface area contributed by atoms with Gasteiger partial charge in [0.25, 0.3) is 5.91 Å². The van der Waals surface area contributed by atoms with Crippen LogP contribution in [0.25, 0.3) is 0 Å². The van der Waals surface area contributed by atoms with Crippen molar-refractivity contribution >= 4 is 57.9 Å². The van der Waals surface area contributed by atoms with Gasteiger partial charge < -0.3 is 35.2 Å². The smallest absolute Gasteiger partial charge is 0.323 e. The molecule has 2 heterocycles. The van der Waals surface area contributed by atoms with Gasteiger partial charge in [0, 0.05) is 57.2 Å². The third kappa shape index (κ3) is 8.06. The Morgan fingerprint density at radius 3 is 2.34 bits per heavy atom. The van der Waals surface area contributed by atoms with Crippen LogP contribution >= 0.6 is 23.2 Å². The van der Waals surface area contributed by atoms with Gasteiger partial charge in [0.2, 0.25) is 0 Å². The number of para-hydroxylation sites is 2. The number of methoxy groups -OCH3 is 1. The van der Waals surface area contributed by atoms with Crippen LogP contribution in [0.1, 0.15) is 16.8 Å². The van der Waals surface area contributed by atoms with Crippen molar-refractivity contribution in [2.75, 3.05) is 93.1 Å². The van der Waals surface area contributed by atoms with Gasteiger partial charge in [-0.3, -0.25) is 9.69 Å². The predicted octanol–water partition coefficient (Wildman–Crippen LogP) is 5.42. The summed E-state index contributed by atoms with van der Waals surface area (Å²) < 4.78 is 11.0. The molecule has 0 atom stereocenters. The van der Waals surface area contributed by atoms with Gasteiger partial charge in [-0.25, -0.2) is 4.79 Å². The molecule has 0 radical (unpaired) electrons. The number of morpholine rings is 1. The van der Waals surface area contributed by atoms with Crippen molar-refractivity contribution in [3.8, 4) is 5.75 Å². The summed E-state index contributed by atoms with van der Waals surface area (Å²) in [6, 6.07) is 17.9. The zero-order chi connectivity index (χ0) is 30.9. The Hall–Kier alpha value is -3.70. The number of carbonyl (C=O) groups is 2. The number of nitrogens with zero attached hydrogens (tertiary/aromatic N) is 3. The average Bonchev–Trinajstić information content (AvgIpc) is 3.05. The number of amides is 3. The monoisotopic (exact) mass is 640 g/mol. The van der Waals surface area contributed by atoms with E-state index in [0.717, 1.165) is 82.6 Å². The van der Waals surface area contributed by atoms with E-state index in [4.69, 9.17) is 32.7 Å². The predicted molar refractivity (Wildman–Crippen MR) is 177 cm³/mol. The van der Waals surface area contributed by atoms with E-state index < -0.39 is 6.03 Å². The second-order valence-corrected chi connectivity index (χ2v) is 11.4. The molecule has 0 aliphatic carbocycles. The number of nitrogens with one attached hydrogen (secondary N) is 3. The highest BCUT2D eigenvalue weighted by Gasteiger charge is 2.24. The molecule has 0 spiro atoms. The number of anilines is 4. The summed E-state index contributed by atoms with van der Waals surface area (Å²) in [6.45, 7) is 7.73. The van der Waals surface area contributed by atoms with Gasteiger partial charge in [-0.1, -0.05) is 41.4 Å². The van der Waals surface area contributed by atoms with Gasteiger partial charge in [-0.15, -0.1) is 0 Å². The average molecular weight is 642 g/mol. The molecule has 10 nitrogen and oxygen atoms in total. The second kappa shape index (κ2) is 15.3. The van der Waals surface area contributed by atoms with E-state index in [1.807, 2.05) is 24.3 Å². The minimum Gasteiger partial charge on any atom is -0.495 e. The fraction of sp³-hybridized carbons (Fsp3) is 0.375. The molecule has 2 aliphatic rings. The SMILES string of the molecule is COc1ccccc1N1CCN(c2ccc(NC(=O)Nc3cccc(Cl)c3Cl)cc2C(=O)NCCCN2CCOCC2)CC1. The molecule has 3 amide bonds. The number of benzene rings is 3. The van der Waals surface area contributed by atoms with Crippen LogP contribution in [0.3, 0.4) is 0 Å². The molecule has 0 bridgehead atoms. The van der Waals surface area contributed by atoms with E-state index >= 15 is 0 Å². The van der Waals surface area contributed by atoms with Crippen LogP contribution in [-0.2, 0) is 4.74 Å². The first-order chi connectivity index (χ1) is 21.4. The molecule has 44 heavy (non-hydrogen) atoms. The minimum atomic E-state index is -0.496. The maximum atomic E-state index is 13.6. The highest BCUT2D eigenvalue weighted by atomic mass is 35.5. The van der Waals surface area contributed by atoms with E-state index in [2.05, 4.69) is 36.7 Å². The molecule has 2 aliphatic heterocycles. The summed E-state index contributed by atoms with van der Waals surface area (Å²) in [5.74, 6) is 0.655. The van der Waals surface area contributed by atoms with Gasteiger partial charge in [-0.05, 0) is 55.4 Å². The lowest BCUT2D eigenvalue weighted by Gasteiger charge is -2.38. The van der Waals surface area contributed by atoms with Crippen LogP contribution in [0.2, 0.25) is 10.0 Å². The summed E-state index contributed by atoms with van der Waals surface area (Å²) in [5.41, 5.74) is 3.24. The van der Waals surface area contributed by atoms with Crippen molar-refractivity contribution in [3.63, 3.8) is 0 Å². The topological polar surface area (TPSA) is 98.4 Å². The molecule has 2 fully saturated rings. The number of hydrogen-bond donors (Lipinski definition) is 3. The second-order valence-electron chi connectivity index (χ2n) is 10.6. The lowest BCUT2D eigenvalue weighted by molar-refractivity contribution is 0.0374.